The van der Waals surface area contributed by atoms with E-state index in [0.717, 1.165) is 55.2 Å². The fourth-order valence-corrected chi connectivity index (χ4v) is 13.6. The number of aliphatic carboxylic acids is 1. The van der Waals surface area contributed by atoms with Crippen molar-refractivity contribution in [3.8, 4) is 11.5 Å². The summed E-state index contributed by atoms with van der Waals surface area (Å²) in [5, 5.41) is 35.1. The summed E-state index contributed by atoms with van der Waals surface area (Å²) in [5.74, 6) is -3.62. The molecule has 0 bridgehead atoms. The molecule has 23 nitrogen and oxygen atoms in total. The Balaban J connectivity index is -0.000000303. The van der Waals surface area contributed by atoms with E-state index in [4.69, 9.17) is 58.3 Å². The number of phenolic OH excluding ortho intramolecular Hbond substituents is 1. The molecular formula is C127H211NO22. The number of aromatic hydroxyl groups is 1. The molecule has 4 N–H and O–H groups in total. The van der Waals surface area contributed by atoms with Gasteiger partial charge in [-0.25, -0.2) is 33.6 Å². The second-order valence-electron chi connectivity index (χ2n) is 38.1. The molecule has 3 atom stereocenters. The van der Waals surface area contributed by atoms with Gasteiger partial charge in [-0.1, -0.05) is 417 Å². The van der Waals surface area contributed by atoms with Gasteiger partial charge in [0.05, 0.1) is 38.4 Å². The minimum Gasteiger partial charge on any atom is -0.508 e. The lowest BCUT2D eigenvalue weighted by Crippen LogP contribution is -2.34. The van der Waals surface area contributed by atoms with Gasteiger partial charge in [0.25, 0.3) is 0 Å². The maximum absolute atomic E-state index is 11.1. The van der Waals surface area contributed by atoms with E-state index < -0.39 is 35.8 Å². The number of carbonyl (C=O) groups excluding carboxylic acids is 7. The zero-order valence-corrected chi connectivity index (χ0v) is 97.1. The number of ether oxygens (including phenoxy) is 9. The van der Waals surface area contributed by atoms with Crippen molar-refractivity contribution >= 4 is 59.2 Å². The highest BCUT2D eigenvalue weighted by Crippen LogP contribution is 2.28. The van der Waals surface area contributed by atoms with Gasteiger partial charge < -0.3 is 68.0 Å². The van der Waals surface area contributed by atoms with Gasteiger partial charge in [0.1, 0.15) is 56.7 Å². The first-order chi connectivity index (χ1) is 71.7. The van der Waals surface area contributed by atoms with Crippen LogP contribution in [-0.2, 0) is 82.9 Å². The summed E-state index contributed by atoms with van der Waals surface area (Å²) in [6.07, 6.45) is 70.1. The molecule has 0 aliphatic heterocycles. The molecule has 0 radical (unpaired) electrons. The van der Waals surface area contributed by atoms with Crippen LogP contribution in [0.4, 0.5) is 0 Å². The van der Waals surface area contributed by atoms with Gasteiger partial charge in [0, 0.05) is 59.7 Å². The second kappa shape index (κ2) is 114. The first-order valence-electron chi connectivity index (χ1n) is 55.8. The SMILES string of the molecule is C=C(C)C(=O)N(C)C.C=C(C)C(=O)OCC(CC)CCCC.C=C(C)C(=O)OCCO.C=C(C)C(=O)OCCOC1CCCCC1C(=O)O.C=C(C)C(=O)OCCOCCC.C=C(C)C(=O)OCCOc1ccccc1C(=O)O.C=C(C)C(=O)OCc1ccccc1.C=C(C)c1ccc(O)cc1.C=CCCCCCCCCCC.C=CCCCCCCCCCCCCCC.C=CCCCCCCCCCCCCCCCCCC. The van der Waals surface area contributed by atoms with E-state index >= 15 is 0 Å². The Morgan fingerprint density at radius 1 is 0.373 bits per heavy atom. The first kappa shape index (κ1) is 152. The minimum atomic E-state index is -1.07. The highest BCUT2D eigenvalue weighted by Gasteiger charge is 2.31. The summed E-state index contributed by atoms with van der Waals surface area (Å²) in [6.45, 7) is 68.4. The van der Waals surface area contributed by atoms with Gasteiger partial charge in [-0.2, -0.15) is 0 Å². The molecule has 1 fully saturated rings. The number of aliphatic hydroxyl groups excluding tert-OH is 1. The van der Waals surface area contributed by atoms with Crippen molar-refractivity contribution in [2.75, 3.05) is 80.2 Å². The Morgan fingerprint density at radius 3 is 1.04 bits per heavy atom. The number of esters is 6. The van der Waals surface area contributed by atoms with Gasteiger partial charge in [0.2, 0.25) is 5.91 Å². The molecule has 0 spiro atoms. The van der Waals surface area contributed by atoms with Crippen molar-refractivity contribution < 1.29 is 106 Å². The van der Waals surface area contributed by atoms with E-state index in [1.54, 1.807) is 92.9 Å². The number of para-hydroxylation sites is 1. The van der Waals surface area contributed by atoms with Crippen LogP contribution in [0.1, 0.15) is 427 Å². The van der Waals surface area contributed by atoms with Crippen molar-refractivity contribution in [2.24, 2.45) is 11.8 Å². The summed E-state index contributed by atoms with van der Waals surface area (Å²) in [7, 11) is 3.41. The average Bonchev–Trinajstić information content (AvgIpc) is 0.874. The number of likely N-dealkylation sites (N-methyl/N-ethyl adjacent to an activating group) is 1. The Bertz CT molecular complexity index is 3990. The first-order valence-corrected chi connectivity index (χ1v) is 55.8. The normalized spacial score (nSPS) is 11.6. The van der Waals surface area contributed by atoms with Crippen molar-refractivity contribution in [1.82, 2.24) is 4.90 Å². The summed E-state index contributed by atoms with van der Waals surface area (Å²) < 4.78 is 44.9. The third kappa shape index (κ3) is 109. The monoisotopic (exact) mass is 2100 g/mol. The Labute approximate surface area is 911 Å². The number of hydrogen-bond acceptors (Lipinski definition) is 20. The molecule has 3 unspecified atom stereocenters. The highest BCUT2D eigenvalue weighted by atomic mass is 16.6. The molecule has 0 aromatic heterocycles. The maximum atomic E-state index is 11.1. The predicted octanol–water partition coefficient (Wildman–Crippen LogP) is 32.8. The van der Waals surface area contributed by atoms with E-state index in [-0.39, 0.29) is 80.9 Å². The largest absolute Gasteiger partial charge is 0.508 e. The van der Waals surface area contributed by atoms with Crippen LogP contribution in [0.15, 0.2) is 208 Å². The Hall–Kier alpha value is -10.5. The molecule has 3 aromatic carbocycles. The minimum absolute atomic E-state index is 0.00926. The van der Waals surface area contributed by atoms with Crippen LogP contribution in [0.25, 0.3) is 5.57 Å². The number of phenols is 1. The molecule has 856 valence electrons. The number of unbranched alkanes of at least 4 members (excludes halogenated alkanes) is 37. The Kier molecular flexibility index (Phi) is 116. The number of benzene rings is 3. The van der Waals surface area contributed by atoms with Crippen molar-refractivity contribution in [1.29, 1.82) is 0 Å². The van der Waals surface area contributed by atoms with Crippen LogP contribution in [0, 0.1) is 11.8 Å². The molecular weight excluding hydrogens is 1890 g/mol. The van der Waals surface area contributed by atoms with Crippen LogP contribution < -0.4 is 4.74 Å². The standard InChI is InChI=1S/C20H40.C16H32.C13H20O5.C13H14O5.C12H22O2.C12H24.C11H12O2.C9H16O3.C9H10O.C6H11NO.C6H10O3/c1-3-5-7-9-11-13-15-17-19-20-18-16-14-12-10-8-6-4-2;1-3-5-7-9-11-13-15-16-14-12-10-8-6-4-2;2*1-9(2)13(16)18-8-7-17-11-6-4-3-5-10(11)12(14)15;1-5-7-8-11(6-2)9-14-12(13)10(3)4;1-3-5-7-9-11-12-10-8-6-4-2;1-9(2)11(12)13-8-10-6-4-3-5-7-10;1-4-5-11-6-7-12-9(10)8(2)3;1-7(2)8-3-5-9(10)6-4-8;1-5(2)6(8)7(3)4;1-5(2)6(8)9-4-3-7/h3H,1,4-20H2,2H3;3H,1,4-16H2,2H3;10-11H,1,3-8H2,2H3,(H,14,15);3-6H,1,7-8H2,2H3,(H,14,15);11H,3,5-9H2,1-2,4H3;3H,1,4-12H2,2H3;3-7H,1,8H2,2H3;2,4-7H2,1,3H3;3-6,10H,1H2,2H3;1H2,2-4H3;7H,1,3-4H2,2H3. The third-order valence-corrected chi connectivity index (χ3v) is 22.7. The molecule has 1 amide bonds. The van der Waals surface area contributed by atoms with Crippen molar-refractivity contribution in [2.45, 2.75) is 418 Å². The number of amides is 1. The number of carboxylic acids is 2. The van der Waals surface area contributed by atoms with Gasteiger partial charge in [0.15, 0.2) is 0 Å². The van der Waals surface area contributed by atoms with Crippen LogP contribution in [0.3, 0.4) is 0 Å². The molecule has 0 heterocycles. The average molecular weight is 2100 g/mol. The molecule has 150 heavy (non-hydrogen) atoms. The number of carboxylic acid groups (broad SMARTS) is 2. The molecule has 23 heteroatoms. The summed E-state index contributed by atoms with van der Waals surface area (Å²) in [4.78, 5) is 99.6. The van der Waals surface area contributed by atoms with Crippen molar-refractivity contribution in [3.63, 3.8) is 0 Å². The lowest BCUT2D eigenvalue weighted by Gasteiger charge is -2.28. The molecule has 1 aliphatic rings. The van der Waals surface area contributed by atoms with Gasteiger partial charge in [-0.05, 0) is 161 Å². The molecule has 0 saturated heterocycles. The van der Waals surface area contributed by atoms with Gasteiger partial charge in [-0.3, -0.25) is 9.59 Å². The van der Waals surface area contributed by atoms with Crippen LogP contribution in [0.5, 0.6) is 11.5 Å². The fourth-order valence-electron chi connectivity index (χ4n) is 13.6. The number of aromatic carboxylic acids is 1. The number of aliphatic hydroxyl groups is 1. The molecule has 1 aliphatic carbocycles. The van der Waals surface area contributed by atoms with Crippen LogP contribution in [0.2, 0.25) is 0 Å². The van der Waals surface area contributed by atoms with Gasteiger partial charge >= 0.3 is 47.8 Å². The quantitative estimate of drug-likeness (QED) is 0.0134. The number of rotatable bonds is 72. The summed E-state index contributed by atoms with van der Waals surface area (Å²) >= 11 is 0. The second-order valence-corrected chi connectivity index (χ2v) is 38.1. The highest BCUT2D eigenvalue weighted by molar-refractivity contribution is 5.92. The molecule has 3 aromatic rings. The third-order valence-electron chi connectivity index (χ3n) is 22.7. The molecule has 1 saturated carbocycles. The van der Waals surface area contributed by atoms with E-state index in [0.29, 0.717) is 90.1 Å². The molecule has 4 rings (SSSR count). The summed E-state index contributed by atoms with van der Waals surface area (Å²) in [5.41, 5.74) is 6.05. The zero-order valence-electron chi connectivity index (χ0n) is 97.1. The lowest BCUT2D eigenvalue weighted by molar-refractivity contribution is -0.152. The number of nitrogens with zero attached hydrogens (tertiary/aromatic N) is 1. The van der Waals surface area contributed by atoms with E-state index in [1.807, 2.05) is 74.5 Å². The lowest BCUT2D eigenvalue weighted by atomic mass is 9.86. The predicted molar refractivity (Wildman–Crippen MR) is 624 cm³/mol. The topological polar surface area (TPSA) is 321 Å². The van der Waals surface area contributed by atoms with E-state index in [2.05, 4.69) is 112 Å². The number of carbonyl (C=O) groups is 9. The fraction of sp³-hybridized carbons (Fsp3) is 0.614. The summed E-state index contributed by atoms with van der Waals surface area (Å²) in [6, 6.07) is 22.8. The van der Waals surface area contributed by atoms with Crippen LogP contribution in [-0.4, -0.2) is 165 Å². The van der Waals surface area contributed by atoms with E-state index in [9.17, 15) is 43.2 Å². The van der Waals surface area contributed by atoms with Crippen LogP contribution >= 0.6 is 0 Å². The maximum Gasteiger partial charge on any atom is 0.339 e. The number of hydrogen-bond donors (Lipinski definition) is 4. The Morgan fingerprint density at radius 2 is 0.713 bits per heavy atom. The van der Waals surface area contributed by atoms with Gasteiger partial charge in [-0.15, -0.1) is 19.7 Å². The smallest absolute Gasteiger partial charge is 0.339 e. The van der Waals surface area contributed by atoms with E-state index in [1.165, 1.54) is 274 Å². The number of allylic oxidation sites excluding steroid dienone is 4. The zero-order chi connectivity index (χ0) is 114. The van der Waals surface area contributed by atoms with Crippen molar-refractivity contribution in [3.05, 3.63) is 225 Å².